The standard InChI is InChI=1S/C13H10Cl2N2O2S2/c14-9-2-4-10(5-3-9)21(18,19)17-12-7-8(13(16)20)1-6-11(12)15/h1-7,17H,(H2,16,20). The Bertz CT molecular complexity index is 790. The number of sulfonamides is 1. The number of halogens is 2. The summed E-state index contributed by atoms with van der Waals surface area (Å²) in [4.78, 5) is 0.224. The van der Waals surface area contributed by atoms with Gasteiger partial charge in [-0.1, -0.05) is 41.5 Å². The van der Waals surface area contributed by atoms with Gasteiger partial charge in [-0.05, 0) is 36.4 Å². The van der Waals surface area contributed by atoms with Crippen molar-refractivity contribution in [1.29, 1.82) is 0 Å². The van der Waals surface area contributed by atoms with Crippen molar-refractivity contribution in [1.82, 2.24) is 0 Å². The van der Waals surface area contributed by atoms with Gasteiger partial charge in [0.1, 0.15) is 4.99 Å². The van der Waals surface area contributed by atoms with E-state index < -0.39 is 10.0 Å². The van der Waals surface area contributed by atoms with Crippen molar-refractivity contribution in [3.05, 3.63) is 58.1 Å². The highest BCUT2D eigenvalue weighted by Crippen LogP contribution is 2.26. The Morgan fingerprint density at radius 1 is 1.10 bits per heavy atom. The molecule has 0 radical (unpaired) electrons. The van der Waals surface area contributed by atoms with Gasteiger partial charge < -0.3 is 5.73 Å². The SMILES string of the molecule is NC(=S)c1ccc(Cl)c(NS(=O)(=O)c2ccc(Cl)cc2)c1. The Balaban J connectivity index is 2.38. The minimum atomic E-state index is -3.77. The third kappa shape index (κ3) is 3.85. The van der Waals surface area contributed by atoms with Gasteiger partial charge in [0.05, 0.1) is 15.6 Å². The molecule has 0 amide bonds. The van der Waals surface area contributed by atoms with Crippen LogP contribution in [0.5, 0.6) is 0 Å². The van der Waals surface area contributed by atoms with E-state index in [1.165, 1.54) is 36.4 Å². The molecule has 0 bridgehead atoms. The lowest BCUT2D eigenvalue weighted by Crippen LogP contribution is -2.15. The van der Waals surface area contributed by atoms with E-state index in [0.29, 0.717) is 10.6 Å². The van der Waals surface area contributed by atoms with Crippen LogP contribution >= 0.6 is 35.4 Å². The molecule has 2 aromatic carbocycles. The largest absolute Gasteiger partial charge is 0.389 e. The maximum absolute atomic E-state index is 12.3. The van der Waals surface area contributed by atoms with Gasteiger partial charge in [0.25, 0.3) is 10.0 Å². The quantitative estimate of drug-likeness (QED) is 0.819. The molecule has 110 valence electrons. The summed E-state index contributed by atoms with van der Waals surface area (Å²) in [5.74, 6) is 0. The van der Waals surface area contributed by atoms with Crippen LogP contribution in [0.3, 0.4) is 0 Å². The van der Waals surface area contributed by atoms with E-state index in [9.17, 15) is 8.42 Å². The molecule has 3 N–H and O–H groups in total. The van der Waals surface area contributed by atoms with Crippen LogP contribution in [0, 0.1) is 0 Å². The first-order valence-corrected chi connectivity index (χ1v) is 8.32. The fourth-order valence-corrected chi connectivity index (χ4v) is 3.12. The molecule has 0 aliphatic heterocycles. The van der Waals surface area contributed by atoms with Crippen molar-refractivity contribution in [3.8, 4) is 0 Å². The third-order valence-electron chi connectivity index (χ3n) is 2.62. The second kappa shape index (κ2) is 6.19. The number of thiocarbonyl (C=S) groups is 1. The zero-order valence-electron chi connectivity index (χ0n) is 10.5. The van der Waals surface area contributed by atoms with Gasteiger partial charge in [-0.25, -0.2) is 8.42 Å². The third-order valence-corrected chi connectivity index (χ3v) is 4.82. The van der Waals surface area contributed by atoms with Gasteiger partial charge in [0, 0.05) is 10.6 Å². The normalized spacial score (nSPS) is 11.1. The number of hydrogen-bond donors (Lipinski definition) is 2. The van der Waals surface area contributed by atoms with Crippen LogP contribution in [0.15, 0.2) is 47.4 Å². The number of rotatable bonds is 4. The second-order valence-electron chi connectivity index (χ2n) is 4.12. The fraction of sp³-hybridized carbons (Fsp3) is 0. The van der Waals surface area contributed by atoms with Crippen molar-refractivity contribution in [2.45, 2.75) is 4.90 Å². The first kappa shape index (κ1) is 16.0. The van der Waals surface area contributed by atoms with E-state index in [-0.39, 0.29) is 20.6 Å². The molecule has 2 aromatic rings. The lowest BCUT2D eigenvalue weighted by molar-refractivity contribution is 0.601. The zero-order valence-corrected chi connectivity index (χ0v) is 13.7. The molecule has 21 heavy (non-hydrogen) atoms. The summed E-state index contributed by atoms with van der Waals surface area (Å²) in [6, 6.07) is 10.4. The van der Waals surface area contributed by atoms with Crippen LogP contribution in [-0.2, 0) is 10.0 Å². The highest BCUT2D eigenvalue weighted by atomic mass is 35.5. The summed E-state index contributed by atoms with van der Waals surface area (Å²) in [6.07, 6.45) is 0. The molecule has 2 rings (SSSR count). The topological polar surface area (TPSA) is 72.2 Å². The smallest absolute Gasteiger partial charge is 0.261 e. The summed E-state index contributed by atoms with van der Waals surface area (Å²) in [6.45, 7) is 0. The summed E-state index contributed by atoms with van der Waals surface area (Å²) >= 11 is 16.6. The first-order chi connectivity index (χ1) is 9.79. The Morgan fingerprint density at radius 2 is 1.71 bits per heavy atom. The predicted octanol–water partition coefficient (Wildman–Crippen LogP) is 3.43. The van der Waals surface area contributed by atoms with Gasteiger partial charge in [0.2, 0.25) is 0 Å². The number of anilines is 1. The van der Waals surface area contributed by atoms with Crippen LogP contribution in [0.4, 0.5) is 5.69 Å². The van der Waals surface area contributed by atoms with Gasteiger partial charge in [0.15, 0.2) is 0 Å². The van der Waals surface area contributed by atoms with Crippen molar-refractivity contribution in [3.63, 3.8) is 0 Å². The molecule has 0 unspecified atom stereocenters. The highest BCUT2D eigenvalue weighted by Gasteiger charge is 2.16. The number of nitrogens with two attached hydrogens (primary N) is 1. The lowest BCUT2D eigenvalue weighted by Gasteiger charge is -2.11. The van der Waals surface area contributed by atoms with Crippen LogP contribution in [0.2, 0.25) is 10.0 Å². The average Bonchev–Trinajstić information content (AvgIpc) is 2.41. The maximum atomic E-state index is 12.3. The molecule has 4 nitrogen and oxygen atoms in total. The van der Waals surface area contributed by atoms with Crippen LogP contribution in [-0.4, -0.2) is 13.4 Å². The molecule has 0 heterocycles. The molecular formula is C13H10Cl2N2O2S2. The van der Waals surface area contributed by atoms with Crippen LogP contribution < -0.4 is 10.5 Å². The minimum Gasteiger partial charge on any atom is -0.389 e. The summed E-state index contributed by atoms with van der Waals surface area (Å²) in [5.41, 5.74) is 6.24. The molecule has 0 saturated carbocycles. The molecular weight excluding hydrogens is 351 g/mol. The molecule has 0 aliphatic rings. The second-order valence-corrected chi connectivity index (χ2v) is 7.08. The number of benzene rings is 2. The minimum absolute atomic E-state index is 0.0729. The monoisotopic (exact) mass is 360 g/mol. The highest BCUT2D eigenvalue weighted by molar-refractivity contribution is 7.92. The van der Waals surface area contributed by atoms with Gasteiger partial charge in [-0.15, -0.1) is 0 Å². The first-order valence-electron chi connectivity index (χ1n) is 5.67. The van der Waals surface area contributed by atoms with E-state index in [0.717, 1.165) is 0 Å². The van der Waals surface area contributed by atoms with Crippen LogP contribution in [0.25, 0.3) is 0 Å². The molecule has 0 aromatic heterocycles. The molecule has 0 aliphatic carbocycles. The lowest BCUT2D eigenvalue weighted by atomic mass is 10.2. The van der Waals surface area contributed by atoms with Gasteiger partial charge in [-0.2, -0.15) is 0 Å². The van der Waals surface area contributed by atoms with Crippen molar-refractivity contribution in [2.24, 2.45) is 5.73 Å². The van der Waals surface area contributed by atoms with E-state index >= 15 is 0 Å². The Morgan fingerprint density at radius 3 is 2.29 bits per heavy atom. The van der Waals surface area contributed by atoms with E-state index in [1.807, 2.05) is 0 Å². The summed E-state index contributed by atoms with van der Waals surface area (Å²) in [5, 5.41) is 0.690. The Hall–Kier alpha value is -1.34. The van der Waals surface area contributed by atoms with Gasteiger partial charge in [-0.3, -0.25) is 4.72 Å². The average molecular weight is 361 g/mol. The number of nitrogens with one attached hydrogen (secondary N) is 1. The predicted molar refractivity (Wildman–Crippen MR) is 89.6 cm³/mol. The van der Waals surface area contributed by atoms with Crippen molar-refractivity contribution in [2.75, 3.05) is 4.72 Å². The maximum Gasteiger partial charge on any atom is 0.261 e. The molecule has 0 atom stereocenters. The van der Waals surface area contributed by atoms with E-state index in [4.69, 9.17) is 41.2 Å². The van der Waals surface area contributed by atoms with Crippen LogP contribution in [0.1, 0.15) is 5.56 Å². The molecule has 0 fully saturated rings. The zero-order chi connectivity index (χ0) is 15.6. The van der Waals surface area contributed by atoms with E-state index in [1.54, 1.807) is 6.07 Å². The summed E-state index contributed by atoms with van der Waals surface area (Å²) < 4.78 is 26.9. The molecule has 0 saturated heterocycles. The van der Waals surface area contributed by atoms with Gasteiger partial charge >= 0.3 is 0 Å². The van der Waals surface area contributed by atoms with Crippen molar-refractivity contribution >= 4 is 56.1 Å². The molecule has 8 heteroatoms. The Kier molecular flexibility index (Phi) is 4.73. The summed E-state index contributed by atoms with van der Waals surface area (Å²) in [7, 11) is -3.77. The van der Waals surface area contributed by atoms with E-state index in [2.05, 4.69) is 4.72 Å². The fourth-order valence-electron chi connectivity index (χ4n) is 1.57. The Labute approximate surface area is 137 Å². The number of hydrogen-bond acceptors (Lipinski definition) is 3. The van der Waals surface area contributed by atoms with Crippen molar-refractivity contribution < 1.29 is 8.42 Å². The molecule has 0 spiro atoms.